The van der Waals surface area contributed by atoms with Gasteiger partial charge in [-0.15, -0.1) is 0 Å². The summed E-state index contributed by atoms with van der Waals surface area (Å²) in [5.41, 5.74) is 0. The van der Waals surface area contributed by atoms with E-state index in [1.807, 2.05) is 0 Å². The van der Waals surface area contributed by atoms with Crippen LogP contribution in [-0.2, 0) is 25.7 Å². The topological polar surface area (TPSA) is 96.0 Å². The number of rotatable bonds is 4. The molecule has 0 amide bonds. The lowest BCUT2D eigenvalue weighted by molar-refractivity contribution is -0.140. The Hall–Kier alpha value is -2.31. The lowest BCUT2D eigenvalue weighted by Crippen LogP contribution is -2.03. The summed E-state index contributed by atoms with van der Waals surface area (Å²) in [6.07, 6.45) is 1.82. The fourth-order valence-electron chi connectivity index (χ4n) is 0.895. The molecule has 1 heterocycles. The van der Waals surface area contributed by atoms with Crippen LogP contribution in [0.5, 0.6) is 0 Å². The Morgan fingerprint density at radius 1 is 1.24 bits per heavy atom. The summed E-state index contributed by atoms with van der Waals surface area (Å²) < 4.78 is 18.1. The Labute approximate surface area is 95.6 Å². The molecule has 7 heteroatoms. The molecule has 0 aliphatic carbocycles. The Bertz CT molecular complexity index is 491. The van der Waals surface area contributed by atoms with Gasteiger partial charge in [-0.3, -0.25) is 0 Å². The van der Waals surface area contributed by atoms with Crippen LogP contribution in [0.2, 0.25) is 0 Å². The van der Waals surface area contributed by atoms with Crippen molar-refractivity contribution in [2.45, 2.75) is 13.5 Å². The molecule has 0 aliphatic heterocycles. The molecule has 0 atom stereocenters. The van der Waals surface area contributed by atoms with E-state index in [4.69, 9.17) is 4.74 Å². The molecule has 0 fully saturated rings. The van der Waals surface area contributed by atoms with Gasteiger partial charge >= 0.3 is 17.8 Å². The molecule has 7 nitrogen and oxygen atoms in total. The largest absolute Gasteiger partial charge is 0.519 e. The van der Waals surface area contributed by atoms with Gasteiger partial charge in [0.05, 0.1) is 7.11 Å². The van der Waals surface area contributed by atoms with Crippen molar-refractivity contribution >= 4 is 11.9 Å². The Morgan fingerprint density at radius 3 is 2.41 bits per heavy atom. The molecule has 1 rings (SSSR count). The molecule has 0 saturated carbocycles. The van der Waals surface area contributed by atoms with Crippen LogP contribution in [-0.4, -0.2) is 19.0 Å². The summed E-state index contributed by atoms with van der Waals surface area (Å²) in [4.78, 5) is 32.4. The molecule has 0 aliphatic rings. The molecule has 0 radical (unpaired) electrons. The van der Waals surface area contributed by atoms with Crippen molar-refractivity contribution in [1.82, 2.24) is 0 Å². The minimum Gasteiger partial charge on any atom is -0.466 e. The summed E-state index contributed by atoms with van der Waals surface area (Å²) in [5, 5.41) is 0. The van der Waals surface area contributed by atoms with Crippen LogP contribution in [0.15, 0.2) is 25.8 Å². The number of carbonyl (C=O) groups is 2. The summed E-state index contributed by atoms with van der Waals surface area (Å²) in [6.45, 7) is 1.25. The van der Waals surface area contributed by atoms with Crippen LogP contribution >= 0.6 is 0 Å². The van der Waals surface area contributed by atoms with Crippen molar-refractivity contribution in [3.63, 3.8) is 0 Å². The van der Waals surface area contributed by atoms with Crippen LogP contribution in [0.25, 0.3) is 0 Å². The maximum atomic E-state index is 11.1. The molecular formula is C10H10O7. The van der Waals surface area contributed by atoms with Crippen LogP contribution in [0.3, 0.4) is 0 Å². The second-order valence-corrected chi connectivity index (χ2v) is 2.90. The first kappa shape index (κ1) is 12.8. The normalized spacial score (nSPS) is 10.5. The minimum absolute atomic E-state index is 0.120. The molecule has 0 N–H and O–H groups in total. The highest BCUT2D eigenvalue weighted by atomic mass is 16.6. The average Bonchev–Trinajstić information content (AvgIpc) is 2.62. The van der Waals surface area contributed by atoms with E-state index in [0.717, 1.165) is 12.2 Å². The van der Waals surface area contributed by atoms with E-state index < -0.39 is 17.8 Å². The predicted molar refractivity (Wildman–Crippen MR) is 52.9 cm³/mol. The van der Waals surface area contributed by atoms with E-state index >= 15 is 0 Å². The zero-order valence-corrected chi connectivity index (χ0v) is 9.22. The fraction of sp³-hybridized carbons (Fsp3) is 0.300. The van der Waals surface area contributed by atoms with Gasteiger partial charge in [-0.1, -0.05) is 0 Å². The van der Waals surface area contributed by atoms with Gasteiger partial charge in [0.25, 0.3) is 0 Å². The summed E-state index contributed by atoms with van der Waals surface area (Å²) in [5.74, 6) is -1.94. The maximum absolute atomic E-state index is 11.1. The van der Waals surface area contributed by atoms with E-state index in [9.17, 15) is 14.4 Å². The summed E-state index contributed by atoms with van der Waals surface area (Å²) in [7, 11) is 1.18. The lowest BCUT2D eigenvalue weighted by atomic mass is 10.4. The second-order valence-electron chi connectivity index (χ2n) is 2.90. The van der Waals surface area contributed by atoms with Crippen molar-refractivity contribution in [1.29, 1.82) is 0 Å². The SMILES string of the molecule is COC(=O)C=CC(=O)OCc1oc(=O)oc1C. The third-order valence-electron chi connectivity index (χ3n) is 1.74. The van der Waals surface area contributed by atoms with Gasteiger partial charge in [-0.2, -0.15) is 0 Å². The van der Waals surface area contributed by atoms with Crippen molar-refractivity contribution in [2.75, 3.05) is 7.11 Å². The minimum atomic E-state index is -0.862. The second kappa shape index (κ2) is 5.69. The number of carbonyl (C=O) groups excluding carboxylic acids is 2. The molecule has 0 aromatic carbocycles. The van der Waals surface area contributed by atoms with Crippen LogP contribution in [0, 0.1) is 6.92 Å². The van der Waals surface area contributed by atoms with E-state index in [1.165, 1.54) is 14.0 Å². The summed E-state index contributed by atoms with van der Waals surface area (Å²) >= 11 is 0. The van der Waals surface area contributed by atoms with Crippen molar-refractivity contribution in [3.05, 3.63) is 34.3 Å². The Morgan fingerprint density at radius 2 is 1.88 bits per heavy atom. The monoisotopic (exact) mass is 242 g/mol. The Kier molecular flexibility index (Phi) is 4.27. The van der Waals surface area contributed by atoms with E-state index in [-0.39, 0.29) is 18.1 Å². The molecule has 1 aromatic heterocycles. The average molecular weight is 242 g/mol. The first-order chi connectivity index (χ1) is 8.02. The first-order valence-corrected chi connectivity index (χ1v) is 4.55. The van der Waals surface area contributed by atoms with Gasteiger partial charge in [0.15, 0.2) is 18.1 Å². The standard InChI is InChI=1S/C10H10O7/c1-6-7(17-10(13)16-6)5-15-9(12)4-3-8(11)14-2/h3-4H,5H2,1-2H3. The third-order valence-corrected chi connectivity index (χ3v) is 1.74. The highest BCUT2D eigenvalue weighted by Crippen LogP contribution is 2.06. The number of methoxy groups -OCH3 is 1. The fourth-order valence-corrected chi connectivity index (χ4v) is 0.895. The van der Waals surface area contributed by atoms with Crippen molar-refractivity contribution in [2.24, 2.45) is 0 Å². The van der Waals surface area contributed by atoms with Crippen LogP contribution in [0.1, 0.15) is 11.5 Å². The third kappa shape index (κ3) is 3.98. The zero-order chi connectivity index (χ0) is 12.8. The van der Waals surface area contributed by atoms with Gasteiger partial charge in [0.2, 0.25) is 0 Å². The zero-order valence-electron chi connectivity index (χ0n) is 9.22. The van der Waals surface area contributed by atoms with Gasteiger partial charge in [-0.25, -0.2) is 14.4 Å². The number of esters is 2. The predicted octanol–water partition coefficient (Wildman–Crippen LogP) is 0.314. The molecule has 1 aromatic rings. The summed E-state index contributed by atoms with van der Waals surface area (Å²) in [6, 6.07) is 0. The molecule has 17 heavy (non-hydrogen) atoms. The highest BCUT2D eigenvalue weighted by molar-refractivity contribution is 5.91. The first-order valence-electron chi connectivity index (χ1n) is 4.55. The smallest absolute Gasteiger partial charge is 0.466 e. The van der Waals surface area contributed by atoms with E-state index in [1.54, 1.807) is 0 Å². The quantitative estimate of drug-likeness (QED) is 0.553. The number of ether oxygens (including phenoxy) is 2. The molecule has 0 spiro atoms. The number of aryl methyl sites for hydroxylation is 1. The lowest BCUT2D eigenvalue weighted by Gasteiger charge is -1.97. The molecule has 0 bridgehead atoms. The molecule has 92 valence electrons. The van der Waals surface area contributed by atoms with E-state index in [2.05, 4.69) is 13.6 Å². The van der Waals surface area contributed by atoms with Gasteiger partial charge in [-0.05, 0) is 6.92 Å². The number of hydrogen-bond donors (Lipinski definition) is 0. The van der Waals surface area contributed by atoms with Gasteiger partial charge in [0.1, 0.15) is 0 Å². The van der Waals surface area contributed by atoms with Gasteiger partial charge in [0, 0.05) is 12.2 Å². The van der Waals surface area contributed by atoms with E-state index in [0.29, 0.717) is 0 Å². The number of hydrogen-bond acceptors (Lipinski definition) is 7. The van der Waals surface area contributed by atoms with Crippen molar-refractivity contribution in [3.8, 4) is 0 Å². The van der Waals surface area contributed by atoms with Crippen molar-refractivity contribution < 1.29 is 27.9 Å². The van der Waals surface area contributed by atoms with Crippen LogP contribution < -0.4 is 5.82 Å². The molecule has 0 unspecified atom stereocenters. The van der Waals surface area contributed by atoms with Crippen LogP contribution in [0.4, 0.5) is 0 Å². The Balaban J connectivity index is 2.49. The van der Waals surface area contributed by atoms with Gasteiger partial charge < -0.3 is 18.3 Å². The molecule has 0 saturated heterocycles. The maximum Gasteiger partial charge on any atom is 0.519 e. The molecular weight excluding hydrogens is 232 g/mol. The highest BCUT2D eigenvalue weighted by Gasteiger charge is 2.10.